The zero-order valence-corrected chi connectivity index (χ0v) is 11.6. The molecule has 1 aromatic carbocycles. The minimum atomic E-state index is -0.163. The minimum absolute atomic E-state index is 0.163. The normalized spacial score (nSPS) is 23.5. The van der Waals surface area contributed by atoms with Crippen molar-refractivity contribution < 1.29 is 4.39 Å². The zero-order chi connectivity index (χ0) is 13.0. The third-order valence-electron chi connectivity index (χ3n) is 3.84. The van der Waals surface area contributed by atoms with Crippen LogP contribution in [-0.4, -0.2) is 12.6 Å². The molecular weight excluding hydrogens is 249 g/mol. The van der Waals surface area contributed by atoms with Crippen LogP contribution < -0.4 is 5.32 Å². The number of hydrogen-bond donors (Lipinski definition) is 1. The summed E-state index contributed by atoms with van der Waals surface area (Å²) in [6.45, 7) is 3.22. The molecule has 1 aliphatic rings. The molecule has 0 heterocycles. The zero-order valence-electron chi connectivity index (χ0n) is 10.9. The van der Waals surface area contributed by atoms with Gasteiger partial charge in [-0.25, -0.2) is 4.39 Å². The van der Waals surface area contributed by atoms with E-state index in [0.29, 0.717) is 22.5 Å². The van der Waals surface area contributed by atoms with E-state index in [1.165, 1.54) is 25.3 Å². The van der Waals surface area contributed by atoms with Crippen molar-refractivity contribution >= 4 is 11.6 Å². The summed E-state index contributed by atoms with van der Waals surface area (Å²) in [6.07, 6.45) is 5.51. The predicted octanol–water partition coefficient (Wildman–Crippen LogP) is 4.19. The Bertz CT molecular complexity index is 374. The van der Waals surface area contributed by atoms with Gasteiger partial charge in [0.05, 0.1) is 0 Å². The van der Waals surface area contributed by atoms with Crippen molar-refractivity contribution in [3.63, 3.8) is 0 Å². The second-order valence-corrected chi connectivity index (χ2v) is 5.56. The highest BCUT2D eigenvalue weighted by atomic mass is 35.5. The van der Waals surface area contributed by atoms with Gasteiger partial charge in [0, 0.05) is 16.6 Å². The van der Waals surface area contributed by atoms with Gasteiger partial charge in [-0.2, -0.15) is 0 Å². The maximum absolute atomic E-state index is 13.8. The molecule has 0 aromatic heterocycles. The van der Waals surface area contributed by atoms with Gasteiger partial charge in [0.1, 0.15) is 5.82 Å². The average molecular weight is 270 g/mol. The van der Waals surface area contributed by atoms with Crippen LogP contribution >= 0.6 is 11.6 Å². The molecule has 1 N–H and O–H groups in total. The van der Waals surface area contributed by atoms with E-state index in [1.807, 2.05) is 0 Å². The maximum atomic E-state index is 13.8. The van der Waals surface area contributed by atoms with Crippen LogP contribution in [0.25, 0.3) is 0 Å². The molecule has 1 aromatic rings. The summed E-state index contributed by atoms with van der Waals surface area (Å²) in [5, 5.41) is 4.14. The van der Waals surface area contributed by atoms with Crippen LogP contribution in [0, 0.1) is 11.7 Å². The number of halogens is 2. The molecule has 2 rings (SSSR count). The summed E-state index contributed by atoms with van der Waals surface area (Å²) in [5.41, 5.74) is 0.689. The SMILES string of the molecule is CCCNC1CCCC1Cc1c(F)cccc1Cl. The van der Waals surface area contributed by atoms with E-state index in [9.17, 15) is 4.39 Å². The van der Waals surface area contributed by atoms with Gasteiger partial charge in [0.2, 0.25) is 0 Å². The number of hydrogen-bond acceptors (Lipinski definition) is 1. The lowest BCUT2D eigenvalue weighted by molar-refractivity contribution is 0.394. The van der Waals surface area contributed by atoms with E-state index in [1.54, 1.807) is 12.1 Å². The van der Waals surface area contributed by atoms with Crippen LogP contribution in [-0.2, 0) is 6.42 Å². The van der Waals surface area contributed by atoms with Gasteiger partial charge in [-0.1, -0.05) is 31.0 Å². The first-order valence-corrected chi connectivity index (χ1v) is 7.26. The van der Waals surface area contributed by atoms with Crippen molar-refractivity contribution in [2.24, 2.45) is 5.92 Å². The van der Waals surface area contributed by atoms with Crippen molar-refractivity contribution in [1.82, 2.24) is 5.32 Å². The Morgan fingerprint density at radius 2 is 2.22 bits per heavy atom. The van der Waals surface area contributed by atoms with Gasteiger partial charge in [-0.3, -0.25) is 0 Å². The van der Waals surface area contributed by atoms with E-state index in [2.05, 4.69) is 12.2 Å². The minimum Gasteiger partial charge on any atom is -0.314 e. The molecule has 1 nitrogen and oxygen atoms in total. The first kappa shape index (κ1) is 13.8. The molecule has 0 spiro atoms. The number of nitrogens with one attached hydrogen (secondary N) is 1. The lowest BCUT2D eigenvalue weighted by Gasteiger charge is -2.21. The van der Waals surface area contributed by atoms with Crippen LogP contribution in [0.15, 0.2) is 18.2 Å². The number of benzene rings is 1. The van der Waals surface area contributed by atoms with Crippen LogP contribution in [0.2, 0.25) is 5.02 Å². The van der Waals surface area contributed by atoms with Crippen molar-refractivity contribution in [2.45, 2.75) is 45.1 Å². The molecule has 0 aliphatic heterocycles. The highest BCUT2D eigenvalue weighted by Crippen LogP contribution is 2.31. The topological polar surface area (TPSA) is 12.0 Å². The van der Waals surface area contributed by atoms with Crippen molar-refractivity contribution in [2.75, 3.05) is 6.54 Å². The summed E-state index contributed by atoms with van der Waals surface area (Å²) in [7, 11) is 0. The second kappa shape index (κ2) is 6.53. The molecule has 1 aliphatic carbocycles. The van der Waals surface area contributed by atoms with Gasteiger partial charge in [-0.05, 0) is 50.3 Å². The monoisotopic (exact) mass is 269 g/mol. The Hall–Kier alpha value is -0.600. The van der Waals surface area contributed by atoms with Crippen LogP contribution in [0.5, 0.6) is 0 Å². The van der Waals surface area contributed by atoms with Crippen LogP contribution in [0.1, 0.15) is 38.2 Å². The Balaban J connectivity index is 2.03. The Morgan fingerprint density at radius 3 is 2.94 bits per heavy atom. The summed E-state index contributed by atoms with van der Waals surface area (Å²) >= 11 is 6.10. The molecule has 18 heavy (non-hydrogen) atoms. The fourth-order valence-corrected chi connectivity index (χ4v) is 3.11. The van der Waals surface area contributed by atoms with E-state index in [0.717, 1.165) is 19.4 Å². The summed E-state index contributed by atoms with van der Waals surface area (Å²) in [4.78, 5) is 0. The molecule has 2 atom stereocenters. The molecule has 1 fully saturated rings. The van der Waals surface area contributed by atoms with Crippen LogP contribution in [0.3, 0.4) is 0 Å². The van der Waals surface area contributed by atoms with Crippen molar-refractivity contribution in [3.05, 3.63) is 34.6 Å². The molecule has 0 radical (unpaired) electrons. The highest BCUT2D eigenvalue weighted by molar-refractivity contribution is 6.31. The fraction of sp³-hybridized carbons (Fsp3) is 0.600. The standard InChI is InChI=1S/C15H21ClFN/c1-2-9-18-15-8-3-5-11(15)10-12-13(16)6-4-7-14(12)17/h4,6-7,11,15,18H,2-3,5,8-10H2,1H3. The third kappa shape index (κ3) is 3.24. The van der Waals surface area contributed by atoms with Crippen molar-refractivity contribution in [1.29, 1.82) is 0 Å². The quantitative estimate of drug-likeness (QED) is 0.845. The van der Waals surface area contributed by atoms with E-state index >= 15 is 0 Å². The highest BCUT2D eigenvalue weighted by Gasteiger charge is 2.28. The predicted molar refractivity (Wildman–Crippen MR) is 74.5 cm³/mol. The Morgan fingerprint density at radius 1 is 1.39 bits per heavy atom. The fourth-order valence-electron chi connectivity index (χ4n) is 2.87. The third-order valence-corrected chi connectivity index (χ3v) is 4.20. The Labute approximate surface area is 114 Å². The first-order valence-electron chi connectivity index (χ1n) is 6.88. The maximum Gasteiger partial charge on any atom is 0.127 e. The van der Waals surface area contributed by atoms with Gasteiger partial charge < -0.3 is 5.32 Å². The average Bonchev–Trinajstić information content (AvgIpc) is 2.79. The Kier molecular flexibility index (Phi) is 5.02. The van der Waals surface area contributed by atoms with E-state index in [-0.39, 0.29) is 5.82 Å². The molecule has 1 saturated carbocycles. The van der Waals surface area contributed by atoms with Gasteiger partial charge >= 0.3 is 0 Å². The summed E-state index contributed by atoms with van der Waals surface area (Å²) in [6, 6.07) is 5.48. The summed E-state index contributed by atoms with van der Waals surface area (Å²) in [5.74, 6) is 0.356. The van der Waals surface area contributed by atoms with E-state index < -0.39 is 0 Å². The van der Waals surface area contributed by atoms with Crippen molar-refractivity contribution in [3.8, 4) is 0 Å². The van der Waals surface area contributed by atoms with E-state index in [4.69, 9.17) is 11.6 Å². The lowest BCUT2D eigenvalue weighted by Crippen LogP contribution is -2.34. The summed E-state index contributed by atoms with van der Waals surface area (Å²) < 4.78 is 13.8. The molecule has 0 amide bonds. The van der Waals surface area contributed by atoms with Crippen LogP contribution in [0.4, 0.5) is 4.39 Å². The number of rotatable bonds is 5. The van der Waals surface area contributed by atoms with Gasteiger partial charge in [0.25, 0.3) is 0 Å². The lowest BCUT2D eigenvalue weighted by atomic mass is 9.94. The molecule has 0 bridgehead atoms. The molecular formula is C15H21ClFN. The molecule has 2 unspecified atom stereocenters. The molecule has 3 heteroatoms. The molecule has 0 saturated heterocycles. The first-order chi connectivity index (χ1) is 8.72. The largest absolute Gasteiger partial charge is 0.314 e. The molecule has 100 valence electrons. The van der Waals surface area contributed by atoms with Gasteiger partial charge in [0.15, 0.2) is 0 Å². The second-order valence-electron chi connectivity index (χ2n) is 5.16. The smallest absolute Gasteiger partial charge is 0.127 e. The van der Waals surface area contributed by atoms with Gasteiger partial charge in [-0.15, -0.1) is 0 Å².